The number of piperidine rings is 1. The molecule has 3 heterocycles. The molecule has 158 valence electrons. The lowest BCUT2D eigenvalue weighted by Crippen LogP contribution is -2.50. The molecular formula is C22H31N3O4. The standard InChI is InChI=1S/C22H31N3O4/c1-16-14-18(4-5-19(16)23-21(27)28-2)24-10-3-8-22(15-24)9-11-25(20(22)26)17-6-12-29-13-7-17/h4-5,14,17H,3,6-13,15H2,1-2H3,(H,23,27)/t22-/m1/s1. The summed E-state index contributed by atoms with van der Waals surface area (Å²) in [6, 6.07) is 6.36. The van der Waals surface area contributed by atoms with Gasteiger partial charge in [0, 0.05) is 50.3 Å². The molecule has 29 heavy (non-hydrogen) atoms. The molecule has 1 N–H and O–H groups in total. The van der Waals surface area contributed by atoms with E-state index >= 15 is 0 Å². The van der Waals surface area contributed by atoms with Gasteiger partial charge in [-0.2, -0.15) is 0 Å². The molecule has 2 amide bonds. The number of carbonyl (C=O) groups is 2. The number of ether oxygens (including phenoxy) is 2. The summed E-state index contributed by atoms with van der Waals surface area (Å²) in [5.41, 5.74) is 2.58. The van der Waals surface area contributed by atoms with E-state index in [1.54, 1.807) is 0 Å². The van der Waals surface area contributed by atoms with E-state index in [2.05, 4.69) is 25.9 Å². The molecular weight excluding hydrogens is 370 g/mol. The minimum Gasteiger partial charge on any atom is -0.453 e. The number of methoxy groups -OCH3 is 1. The third-order valence-corrected chi connectivity index (χ3v) is 6.75. The van der Waals surface area contributed by atoms with Crippen LogP contribution in [0.15, 0.2) is 18.2 Å². The van der Waals surface area contributed by atoms with Crippen LogP contribution < -0.4 is 10.2 Å². The van der Waals surface area contributed by atoms with Crippen LogP contribution in [0.4, 0.5) is 16.2 Å². The zero-order chi connectivity index (χ0) is 20.4. The number of benzene rings is 1. The lowest BCUT2D eigenvalue weighted by molar-refractivity contribution is -0.139. The molecule has 3 aliphatic heterocycles. The van der Waals surface area contributed by atoms with Gasteiger partial charge in [-0.1, -0.05) is 0 Å². The topological polar surface area (TPSA) is 71.1 Å². The first kappa shape index (κ1) is 20.0. The normalized spacial score (nSPS) is 25.5. The summed E-state index contributed by atoms with van der Waals surface area (Å²) in [7, 11) is 1.36. The van der Waals surface area contributed by atoms with Gasteiger partial charge in [-0.05, 0) is 62.8 Å². The third-order valence-electron chi connectivity index (χ3n) is 6.75. The number of likely N-dealkylation sites (tertiary alicyclic amines) is 1. The highest BCUT2D eigenvalue weighted by Gasteiger charge is 2.50. The number of aryl methyl sites for hydroxylation is 1. The number of hydrogen-bond acceptors (Lipinski definition) is 5. The summed E-state index contributed by atoms with van der Waals surface area (Å²) in [5.74, 6) is 0.342. The van der Waals surface area contributed by atoms with E-state index < -0.39 is 6.09 Å². The quantitative estimate of drug-likeness (QED) is 0.842. The summed E-state index contributed by atoms with van der Waals surface area (Å²) >= 11 is 0. The van der Waals surface area contributed by atoms with Gasteiger partial charge in [-0.25, -0.2) is 4.79 Å². The average Bonchev–Trinajstić information content (AvgIpc) is 3.05. The summed E-state index contributed by atoms with van der Waals surface area (Å²) in [6.07, 6.45) is 4.39. The van der Waals surface area contributed by atoms with E-state index in [0.29, 0.717) is 11.9 Å². The van der Waals surface area contributed by atoms with Gasteiger partial charge >= 0.3 is 6.09 Å². The van der Waals surface area contributed by atoms with Crippen molar-refractivity contribution >= 4 is 23.4 Å². The predicted octanol–water partition coefficient (Wildman–Crippen LogP) is 3.17. The van der Waals surface area contributed by atoms with Crippen molar-refractivity contribution in [3.05, 3.63) is 23.8 Å². The number of nitrogens with zero attached hydrogens (tertiary/aromatic N) is 2. The lowest BCUT2D eigenvalue weighted by Gasteiger charge is -2.41. The van der Waals surface area contributed by atoms with Crippen LogP contribution in [-0.4, -0.2) is 62.9 Å². The van der Waals surface area contributed by atoms with Crippen LogP contribution in [0.2, 0.25) is 0 Å². The van der Waals surface area contributed by atoms with Gasteiger partial charge < -0.3 is 19.3 Å². The van der Waals surface area contributed by atoms with Gasteiger partial charge in [0.25, 0.3) is 0 Å². The van der Waals surface area contributed by atoms with Gasteiger partial charge in [0.2, 0.25) is 5.91 Å². The molecule has 1 aromatic rings. The Morgan fingerprint density at radius 3 is 2.76 bits per heavy atom. The van der Waals surface area contributed by atoms with Crippen molar-refractivity contribution in [3.8, 4) is 0 Å². The highest BCUT2D eigenvalue weighted by Crippen LogP contribution is 2.43. The van der Waals surface area contributed by atoms with Gasteiger partial charge in [0.05, 0.1) is 12.5 Å². The highest BCUT2D eigenvalue weighted by molar-refractivity contribution is 5.87. The molecule has 7 nitrogen and oxygen atoms in total. The molecule has 3 fully saturated rings. The van der Waals surface area contributed by atoms with Crippen molar-refractivity contribution < 1.29 is 19.1 Å². The molecule has 3 saturated heterocycles. The van der Waals surface area contributed by atoms with E-state index in [1.807, 2.05) is 19.1 Å². The zero-order valence-corrected chi connectivity index (χ0v) is 17.4. The Hall–Kier alpha value is -2.28. The molecule has 4 rings (SSSR count). The van der Waals surface area contributed by atoms with Crippen LogP contribution in [0.5, 0.6) is 0 Å². The molecule has 0 aromatic heterocycles. The van der Waals surface area contributed by atoms with E-state index in [0.717, 1.165) is 81.9 Å². The fourth-order valence-corrected chi connectivity index (χ4v) is 5.07. The molecule has 1 atom stereocenters. The van der Waals surface area contributed by atoms with Gasteiger partial charge in [-0.15, -0.1) is 0 Å². The Morgan fingerprint density at radius 2 is 2.03 bits per heavy atom. The summed E-state index contributed by atoms with van der Waals surface area (Å²) in [6.45, 7) is 6.10. The molecule has 7 heteroatoms. The average molecular weight is 402 g/mol. The summed E-state index contributed by atoms with van der Waals surface area (Å²) in [5, 5.41) is 2.74. The first-order chi connectivity index (χ1) is 14.0. The van der Waals surface area contributed by atoms with Crippen LogP contribution in [0.25, 0.3) is 0 Å². The Kier molecular flexibility index (Phi) is 5.67. The first-order valence-electron chi connectivity index (χ1n) is 10.6. The second-order valence-electron chi connectivity index (χ2n) is 8.51. The van der Waals surface area contributed by atoms with Gasteiger partial charge in [-0.3, -0.25) is 10.1 Å². The third kappa shape index (κ3) is 3.92. The minimum absolute atomic E-state index is 0.257. The van der Waals surface area contributed by atoms with Gasteiger partial charge in [0.15, 0.2) is 0 Å². The number of rotatable bonds is 3. The van der Waals surface area contributed by atoms with Crippen molar-refractivity contribution in [2.24, 2.45) is 5.41 Å². The zero-order valence-electron chi connectivity index (χ0n) is 17.4. The highest BCUT2D eigenvalue weighted by atomic mass is 16.5. The van der Waals surface area contributed by atoms with Crippen LogP contribution in [0, 0.1) is 12.3 Å². The first-order valence-corrected chi connectivity index (χ1v) is 10.6. The maximum Gasteiger partial charge on any atom is 0.411 e. The Labute approximate surface area is 172 Å². The number of carbonyl (C=O) groups excluding carboxylic acids is 2. The number of anilines is 2. The Balaban J connectivity index is 1.48. The van der Waals surface area contributed by atoms with E-state index in [9.17, 15) is 9.59 Å². The maximum absolute atomic E-state index is 13.4. The predicted molar refractivity (Wildman–Crippen MR) is 111 cm³/mol. The molecule has 0 radical (unpaired) electrons. The monoisotopic (exact) mass is 401 g/mol. The fraction of sp³-hybridized carbons (Fsp3) is 0.636. The largest absolute Gasteiger partial charge is 0.453 e. The fourth-order valence-electron chi connectivity index (χ4n) is 5.07. The van der Waals surface area contributed by atoms with Crippen molar-refractivity contribution in [2.45, 2.75) is 45.1 Å². The van der Waals surface area contributed by atoms with Crippen LogP contribution in [-0.2, 0) is 14.3 Å². The molecule has 1 aromatic carbocycles. The van der Waals surface area contributed by atoms with Crippen molar-refractivity contribution in [2.75, 3.05) is 50.2 Å². The van der Waals surface area contributed by atoms with Crippen LogP contribution in [0.3, 0.4) is 0 Å². The molecule has 0 saturated carbocycles. The second kappa shape index (κ2) is 8.22. The summed E-state index contributed by atoms with van der Waals surface area (Å²) < 4.78 is 10.2. The van der Waals surface area contributed by atoms with Crippen LogP contribution in [0.1, 0.15) is 37.7 Å². The minimum atomic E-state index is -0.470. The van der Waals surface area contributed by atoms with E-state index in [1.165, 1.54) is 7.11 Å². The second-order valence-corrected chi connectivity index (χ2v) is 8.51. The van der Waals surface area contributed by atoms with Crippen LogP contribution >= 0.6 is 0 Å². The molecule has 0 unspecified atom stereocenters. The molecule has 0 bridgehead atoms. The number of amides is 2. The Morgan fingerprint density at radius 1 is 1.24 bits per heavy atom. The maximum atomic E-state index is 13.4. The van der Waals surface area contributed by atoms with Crippen molar-refractivity contribution in [1.29, 1.82) is 0 Å². The lowest BCUT2D eigenvalue weighted by atomic mass is 9.78. The molecule has 0 aliphatic carbocycles. The molecule has 1 spiro atoms. The van der Waals surface area contributed by atoms with Crippen molar-refractivity contribution in [3.63, 3.8) is 0 Å². The number of hydrogen-bond donors (Lipinski definition) is 1. The smallest absolute Gasteiger partial charge is 0.411 e. The van der Waals surface area contributed by atoms with E-state index in [4.69, 9.17) is 4.74 Å². The summed E-state index contributed by atoms with van der Waals surface area (Å²) in [4.78, 5) is 29.4. The molecule has 3 aliphatic rings. The van der Waals surface area contributed by atoms with E-state index in [-0.39, 0.29) is 5.41 Å². The number of nitrogens with one attached hydrogen (secondary N) is 1. The van der Waals surface area contributed by atoms with Gasteiger partial charge in [0.1, 0.15) is 0 Å². The SMILES string of the molecule is COC(=O)Nc1ccc(N2CCC[C@@]3(CCN(C4CCOCC4)C3=O)C2)cc1C. The Bertz CT molecular complexity index is 777. The van der Waals surface area contributed by atoms with Crippen molar-refractivity contribution in [1.82, 2.24) is 4.90 Å².